The molecule has 2 fully saturated rings. The molecule has 5 nitrogen and oxygen atoms in total. The Balaban J connectivity index is 1.56. The molecule has 1 aromatic rings. The molecule has 0 aliphatic heterocycles. The van der Waals surface area contributed by atoms with Crippen LogP contribution < -0.4 is 10.6 Å². The van der Waals surface area contributed by atoms with Crippen molar-refractivity contribution in [1.82, 2.24) is 10.6 Å². The maximum atomic E-state index is 5.39. The van der Waals surface area contributed by atoms with E-state index < -0.39 is 0 Å². The summed E-state index contributed by atoms with van der Waals surface area (Å²) in [4.78, 5) is 4.77. The quantitative estimate of drug-likeness (QED) is 0.571. The number of rotatable bonds is 8. The van der Waals surface area contributed by atoms with E-state index >= 15 is 0 Å². The SMILES string of the molecule is COCC(NC(=NCCc1ccco1)NC1CCCC1)C1CC1. The molecule has 2 aliphatic carbocycles. The van der Waals surface area contributed by atoms with Crippen LogP contribution in [0.25, 0.3) is 0 Å². The maximum absolute atomic E-state index is 5.39. The molecule has 0 aromatic carbocycles. The predicted octanol–water partition coefficient (Wildman–Crippen LogP) is 2.72. The van der Waals surface area contributed by atoms with E-state index in [4.69, 9.17) is 14.1 Å². The summed E-state index contributed by atoms with van der Waals surface area (Å²) in [6, 6.07) is 4.87. The molecule has 5 heteroatoms. The Morgan fingerprint density at radius 2 is 2.17 bits per heavy atom. The summed E-state index contributed by atoms with van der Waals surface area (Å²) >= 11 is 0. The summed E-state index contributed by atoms with van der Waals surface area (Å²) in [6.07, 6.45) is 10.3. The molecule has 0 bridgehead atoms. The first-order chi connectivity index (χ1) is 11.3. The molecule has 0 radical (unpaired) electrons. The Morgan fingerprint density at radius 1 is 1.35 bits per heavy atom. The van der Waals surface area contributed by atoms with Gasteiger partial charge in [0.2, 0.25) is 0 Å². The van der Waals surface area contributed by atoms with Gasteiger partial charge in [-0.15, -0.1) is 0 Å². The Kier molecular flexibility index (Phi) is 5.97. The smallest absolute Gasteiger partial charge is 0.191 e. The molecule has 2 N–H and O–H groups in total. The molecule has 2 saturated carbocycles. The molecular weight excluding hydrogens is 290 g/mol. The minimum atomic E-state index is 0.372. The van der Waals surface area contributed by atoms with Crippen LogP contribution in [0.3, 0.4) is 0 Å². The number of hydrogen-bond acceptors (Lipinski definition) is 3. The van der Waals surface area contributed by atoms with Crippen LogP contribution in [0.5, 0.6) is 0 Å². The second kappa shape index (κ2) is 8.39. The first kappa shape index (κ1) is 16.4. The molecule has 23 heavy (non-hydrogen) atoms. The number of methoxy groups -OCH3 is 1. The van der Waals surface area contributed by atoms with Gasteiger partial charge in [0.1, 0.15) is 5.76 Å². The molecule has 1 atom stereocenters. The molecule has 0 spiro atoms. The van der Waals surface area contributed by atoms with Gasteiger partial charge in [-0.2, -0.15) is 0 Å². The number of aliphatic imine (C=N–C) groups is 1. The van der Waals surface area contributed by atoms with Gasteiger partial charge in [0, 0.05) is 26.1 Å². The zero-order chi connectivity index (χ0) is 15.9. The third-order valence-corrected chi connectivity index (χ3v) is 4.76. The van der Waals surface area contributed by atoms with Gasteiger partial charge >= 0.3 is 0 Å². The average Bonchev–Trinajstić information content (AvgIpc) is 3.03. The van der Waals surface area contributed by atoms with Crippen LogP contribution in [0.2, 0.25) is 0 Å². The zero-order valence-corrected chi connectivity index (χ0v) is 14.1. The van der Waals surface area contributed by atoms with Crippen LogP contribution in [-0.4, -0.2) is 38.3 Å². The number of ether oxygens (including phenoxy) is 1. The normalized spacial score (nSPS) is 20.7. The van der Waals surface area contributed by atoms with Gasteiger partial charge < -0.3 is 19.8 Å². The highest BCUT2D eigenvalue weighted by atomic mass is 16.5. The fourth-order valence-corrected chi connectivity index (χ4v) is 3.28. The molecule has 1 unspecified atom stereocenters. The van der Waals surface area contributed by atoms with Crippen LogP contribution >= 0.6 is 0 Å². The molecule has 3 rings (SSSR count). The highest BCUT2D eigenvalue weighted by Gasteiger charge is 2.32. The highest BCUT2D eigenvalue weighted by molar-refractivity contribution is 5.80. The van der Waals surface area contributed by atoms with Gasteiger partial charge in [0.15, 0.2) is 5.96 Å². The largest absolute Gasteiger partial charge is 0.469 e. The summed E-state index contributed by atoms with van der Waals surface area (Å²) in [5.41, 5.74) is 0. The lowest BCUT2D eigenvalue weighted by molar-refractivity contribution is 0.165. The second-order valence-corrected chi connectivity index (χ2v) is 6.73. The predicted molar refractivity (Wildman–Crippen MR) is 91.6 cm³/mol. The van der Waals surface area contributed by atoms with E-state index in [2.05, 4.69) is 10.6 Å². The molecule has 1 aromatic heterocycles. The number of guanidine groups is 1. The van der Waals surface area contributed by atoms with Gasteiger partial charge in [-0.3, -0.25) is 4.99 Å². The maximum Gasteiger partial charge on any atom is 0.191 e. The molecule has 128 valence electrons. The number of furan rings is 1. The van der Waals surface area contributed by atoms with Crippen molar-refractivity contribution in [2.75, 3.05) is 20.3 Å². The van der Waals surface area contributed by atoms with Crippen LogP contribution in [0.1, 0.15) is 44.3 Å². The van der Waals surface area contributed by atoms with Crippen molar-refractivity contribution in [3.63, 3.8) is 0 Å². The van der Waals surface area contributed by atoms with Crippen molar-refractivity contribution >= 4 is 5.96 Å². The third-order valence-electron chi connectivity index (χ3n) is 4.76. The Labute approximate surface area is 138 Å². The van der Waals surface area contributed by atoms with Crippen molar-refractivity contribution < 1.29 is 9.15 Å². The van der Waals surface area contributed by atoms with E-state index in [-0.39, 0.29) is 0 Å². The molecular formula is C18H29N3O2. The van der Waals surface area contributed by atoms with Crippen molar-refractivity contribution in [1.29, 1.82) is 0 Å². The lowest BCUT2D eigenvalue weighted by atomic mass is 10.2. The summed E-state index contributed by atoms with van der Waals surface area (Å²) < 4.78 is 10.8. The van der Waals surface area contributed by atoms with Crippen molar-refractivity contribution in [2.24, 2.45) is 10.9 Å². The number of nitrogens with one attached hydrogen (secondary N) is 2. The van der Waals surface area contributed by atoms with Gasteiger partial charge in [0.25, 0.3) is 0 Å². The van der Waals surface area contributed by atoms with Crippen LogP contribution in [0.4, 0.5) is 0 Å². The van der Waals surface area contributed by atoms with Crippen molar-refractivity contribution in [3.8, 4) is 0 Å². The fraction of sp³-hybridized carbons (Fsp3) is 0.722. The van der Waals surface area contributed by atoms with Crippen molar-refractivity contribution in [2.45, 2.75) is 57.0 Å². The molecule has 0 saturated heterocycles. The standard InChI is InChI=1S/C18H29N3O2/c1-22-13-17(14-8-9-14)21-18(20-15-5-2-3-6-15)19-11-10-16-7-4-12-23-16/h4,7,12,14-15,17H,2-3,5-6,8-11,13H2,1H3,(H2,19,20,21). The minimum Gasteiger partial charge on any atom is -0.469 e. The Morgan fingerprint density at radius 3 is 2.83 bits per heavy atom. The first-order valence-corrected chi connectivity index (χ1v) is 8.94. The third kappa shape index (κ3) is 5.27. The lowest BCUT2D eigenvalue weighted by Gasteiger charge is -2.23. The fourth-order valence-electron chi connectivity index (χ4n) is 3.28. The van der Waals surface area contributed by atoms with Gasteiger partial charge in [0.05, 0.1) is 18.9 Å². The number of hydrogen-bond donors (Lipinski definition) is 2. The van der Waals surface area contributed by atoms with Crippen LogP contribution in [0.15, 0.2) is 27.8 Å². The van der Waals surface area contributed by atoms with E-state index in [1.54, 1.807) is 13.4 Å². The zero-order valence-electron chi connectivity index (χ0n) is 14.1. The van der Waals surface area contributed by atoms with E-state index in [0.717, 1.165) is 37.2 Å². The monoisotopic (exact) mass is 319 g/mol. The Hall–Kier alpha value is -1.49. The van der Waals surface area contributed by atoms with E-state index in [9.17, 15) is 0 Å². The van der Waals surface area contributed by atoms with E-state index in [1.807, 2.05) is 12.1 Å². The Bertz CT molecular complexity index is 476. The summed E-state index contributed by atoms with van der Waals surface area (Å²) in [5, 5.41) is 7.23. The topological polar surface area (TPSA) is 58.8 Å². The second-order valence-electron chi connectivity index (χ2n) is 6.73. The van der Waals surface area contributed by atoms with Crippen LogP contribution in [0, 0.1) is 5.92 Å². The van der Waals surface area contributed by atoms with Gasteiger partial charge in [-0.1, -0.05) is 12.8 Å². The lowest BCUT2D eigenvalue weighted by Crippen LogP contribution is -2.49. The van der Waals surface area contributed by atoms with Gasteiger partial charge in [-0.25, -0.2) is 0 Å². The van der Waals surface area contributed by atoms with E-state index in [0.29, 0.717) is 12.1 Å². The van der Waals surface area contributed by atoms with Crippen LogP contribution in [-0.2, 0) is 11.2 Å². The summed E-state index contributed by atoms with van der Waals surface area (Å²) in [6.45, 7) is 1.48. The highest BCUT2D eigenvalue weighted by Crippen LogP contribution is 2.32. The van der Waals surface area contributed by atoms with E-state index in [1.165, 1.54) is 38.5 Å². The molecule has 1 heterocycles. The number of nitrogens with zero attached hydrogens (tertiary/aromatic N) is 1. The summed E-state index contributed by atoms with van der Waals surface area (Å²) in [5.74, 6) is 2.66. The van der Waals surface area contributed by atoms with Gasteiger partial charge in [-0.05, 0) is 43.7 Å². The van der Waals surface area contributed by atoms with Crippen molar-refractivity contribution in [3.05, 3.63) is 24.2 Å². The molecule has 2 aliphatic rings. The molecule has 0 amide bonds. The average molecular weight is 319 g/mol. The first-order valence-electron chi connectivity index (χ1n) is 8.94. The minimum absolute atomic E-state index is 0.372. The summed E-state index contributed by atoms with van der Waals surface area (Å²) in [7, 11) is 1.77.